The highest BCUT2D eigenvalue weighted by molar-refractivity contribution is 5.72. The number of carbonyl (C=O) groups is 1. The predicted octanol–water partition coefficient (Wildman–Crippen LogP) is 2.08. The van der Waals surface area contributed by atoms with E-state index in [1.807, 2.05) is 0 Å². The lowest BCUT2D eigenvalue weighted by Gasteiger charge is -2.38. The number of benzene rings is 1. The van der Waals surface area contributed by atoms with Crippen molar-refractivity contribution in [3.63, 3.8) is 0 Å². The van der Waals surface area contributed by atoms with E-state index in [4.69, 9.17) is 4.74 Å². The molecule has 1 saturated heterocycles. The molecule has 0 N–H and O–H groups in total. The molecule has 80 valence electrons. The fourth-order valence-electron chi connectivity index (χ4n) is 2.10. The summed E-state index contributed by atoms with van der Waals surface area (Å²) in [5.41, 5.74) is 4.54. The Hall–Kier alpha value is -1.15. The average molecular weight is 204 g/mol. The van der Waals surface area contributed by atoms with Crippen molar-refractivity contribution in [3.8, 4) is 0 Å². The Balaban J connectivity index is 2.53. The van der Waals surface area contributed by atoms with Crippen molar-refractivity contribution in [3.05, 3.63) is 34.4 Å². The fraction of sp³-hybridized carbons (Fsp3) is 0.462. The molecule has 1 heterocycles. The standard InChI is InChI=1S/C13H16O2/c1-9-4-5-12(11(3)10(9)2)13(6-14)7-15-8-13/h4-6H,7-8H2,1-3H3. The minimum Gasteiger partial charge on any atom is -0.379 e. The Bertz CT molecular complexity index is 403. The van der Waals surface area contributed by atoms with Crippen LogP contribution in [0.2, 0.25) is 0 Å². The van der Waals surface area contributed by atoms with Crippen LogP contribution in [0.5, 0.6) is 0 Å². The first-order valence-electron chi connectivity index (χ1n) is 5.22. The summed E-state index contributed by atoms with van der Waals surface area (Å²) in [4.78, 5) is 11.2. The van der Waals surface area contributed by atoms with E-state index in [-0.39, 0.29) is 5.41 Å². The van der Waals surface area contributed by atoms with Gasteiger partial charge in [-0.15, -0.1) is 0 Å². The number of aryl methyl sites for hydroxylation is 1. The molecular formula is C13H16O2. The molecule has 0 unspecified atom stereocenters. The predicted molar refractivity (Wildman–Crippen MR) is 59.2 cm³/mol. The molecule has 0 aromatic heterocycles. The highest BCUT2D eigenvalue weighted by Gasteiger charge is 2.41. The van der Waals surface area contributed by atoms with Crippen molar-refractivity contribution in [2.75, 3.05) is 13.2 Å². The first kappa shape index (κ1) is 10.4. The second-order valence-electron chi connectivity index (χ2n) is 4.45. The maximum Gasteiger partial charge on any atom is 0.135 e. The second-order valence-corrected chi connectivity index (χ2v) is 4.45. The van der Waals surface area contributed by atoms with E-state index >= 15 is 0 Å². The van der Waals surface area contributed by atoms with Gasteiger partial charge >= 0.3 is 0 Å². The molecule has 0 saturated carbocycles. The highest BCUT2D eigenvalue weighted by Crippen LogP contribution is 2.34. The number of aldehydes is 1. The second kappa shape index (κ2) is 3.46. The number of ether oxygens (including phenoxy) is 1. The summed E-state index contributed by atoms with van der Waals surface area (Å²) >= 11 is 0. The number of rotatable bonds is 2. The molecule has 0 radical (unpaired) electrons. The van der Waals surface area contributed by atoms with E-state index < -0.39 is 0 Å². The third kappa shape index (κ3) is 1.40. The van der Waals surface area contributed by atoms with E-state index in [1.165, 1.54) is 16.7 Å². The summed E-state index contributed by atoms with van der Waals surface area (Å²) in [5, 5.41) is 0. The molecule has 0 bridgehead atoms. The first-order valence-corrected chi connectivity index (χ1v) is 5.22. The summed E-state index contributed by atoms with van der Waals surface area (Å²) in [5.74, 6) is 0. The van der Waals surface area contributed by atoms with Crippen molar-refractivity contribution >= 4 is 6.29 Å². The molecule has 1 aromatic carbocycles. The van der Waals surface area contributed by atoms with Gasteiger partial charge in [-0.25, -0.2) is 0 Å². The third-order valence-electron chi connectivity index (χ3n) is 3.54. The van der Waals surface area contributed by atoms with Gasteiger partial charge < -0.3 is 9.53 Å². The van der Waals surface area contributed by atoms with E-state index in [2.05, 4.69) is 32.9 Å². The molecule has 15 heavy (non-hydrogen) atoms. The van der Waals surface area contributed by atoms with Crippen LogP contribution in [-0.2, 0) is 14.9 Å². The average Bonchev–Trinajstić information content (AvgIpc) is 2.17. The van der Waals surface area contributed by atoms with Gasteiger partial charge in [0.15, 0.2) is 0 Å². The molecule has 1 aromatic rings. The van der Waals surface area contributed by atoms with Gasteiger partial charge in [0.25, 0.3) is 0 Å². The normalized spacial score (nSPS) is 18.3. The quantitative estimate of drug-likeness (QED) is 0.689. The number of hydrogen-bond acceptors (Lipinski definition) is 2. The van der Waals surface area contributed by atoms with Crippen molar-refractivity contribution in [2.24, 2.45) is 0 Å². The van der Waals surface area contributed by atoms with Crippen molar-refractivity contribution in [1.29, 1.82) is 0 Å². The zero-order chi connectivity index (χ0) is 11.1. The van der Waals surface area contributed by atoms with Gasteiger partial charge in [0.05, 0.1) is 18.6 Å². The summed E-state index contributed by atoms with van der Waals surface area (Å²) in [6.07, 6.45) is 1.04. The Morgan fingerprint density at radius 1 is 1.20 bits per heavy atom. The molecule has 0 atom stereocenters. The molecule has 1 aliphatic heterocycles. The van der Waals surface area contributed by atoms with Gasteiger partial charge in [0.2, 0.25) is 0 Å². The number of carbonyl (C=O) groups excluding carboxylic acids is 1. The van der Waals surface area contributed by atoms with Crippen LogP contribution in [0.15, 0.2) is 12.1 Å². The number of hydrogen-bond donors (Lipinski definition) is 0. The van der Waals surface area contributed by atoms with Gasteiger partial charge in [0.1, 0.15) is 6.29 Å². The molecule has 0 amide bonds. The summed E-state index contributed by atoms with van der Waals surface area (Å²) in [7, 11) is 0. The zero-order valence-corrected chi connectivity index (χ0v) is 9.46. The SMILES string of the molecule is Cc1ccc(C2(C=O)COC2)c(C)c1C. The Kier molecular flexibility index (Phi) is 2.39. The van der Waals surface area contributed by atoms with Crippen LogP contribution in [0, 0.1) is 20.8 Å². The monoisotopic (exact) mass is 204 g/mol. The van der Waals surface area contributed by atoms with Crippen LogP contribution in [0.4, 0.5) is 0 Å². The topological polar surface area (TPSA) is 26.3 Å². The molecule has 0 aliphatic carbocycles. The lowest BCUT2D eigenvalue weighted by Crippen LogP contribution is -2.48. The van der Waals surface area contributed by atoms with Crippen molar-refractivity contribution in [2.45, 2.75) is 26.2 Å². The molecule has 2 rings (SSSR count). The smallest absolute Gasteiger partial charge is 0.135 e. The molecular weight excluding hydrogens is 188 g/mol. The van der Waals surface area contributed by atoms with E-state index in [0.717, 1.165) is 11.8 Å². The van der Waals surface area contributed by atoms with E-state index in [0.29, 0.717) is 13.2 Å². The van der Waals surface area contributed by atoms with Crippen LogP contribution in [-0.4, -0.2) is 19.5 Å². The largest absolute Gasteiger partial charge is 0.379 e. The molecule has 1 fully saturated rings. The highest BCUT2D eigenvalue weighted by atomic mass is 16.5. The van der Waals surface area contributed by atoms with Crippen LogP contribution in [0.1, 0.15) is 22.3 Å². The molecule has 0 spiro atoms. The lowest BCUT2D eigenvalue weighted by atomic mass is 9.76. The third-order valence-corrected chi connectivity index (χ3v) is 3.54. The minimum absolute atomic E-state index is 0.372. The van der Waals surface area contributed by atoms with Gasteiger partial charge in [-0.3, -0.25) is 0 Å². The first-order chi connectivity index (χ1) is 7.10. The summed E-state index contributed by atoms with van der Waals surface area (Å²) in [6, 6.07) is 4.15. The zero-order valence-electron chi connectivity index (χ0n) is 9.46. The van der Waals surface area contributed by atoms with E-state index in [1.54, 1.807) is 0 Å². The summed E-state index contributed by atoms with van der Waals surface area (Å²) < 4.78 is 5.18. The van der Waals surface area contributed by atoms with Crippen LogP contribution < -0.4 is 0 Å². The van der Waals surface area contributed by atoms with Gasteiger partial charge in [-0.05, 0) is 43.0 Å². The van der Waals surface area contributed by atoms with Crippen LogP contribution in [0.3, 0.4) is 0 Å². The van der Waals surface area contributed by atoms with Crippen LogP contribution in [0.25, 0.3) is 0 Å². The molecule has 2 nitrogen and oxygen atoms in total. The lowest BCUT2D eigenvalue weighted by molar-refractivity contribution is -0.129. The van der Waals surface area contributed by atoms with E-state index in [9.17, 15) is 4.79 Å². The van der Waals surface area contributed by atoms with Gasteiger partial charge in [0, 0.05) is 0 Å². The molecule has 2 heteroatoms. The Morgan fingerprint density at radius 3 is 2.33 bits per heavy atom. The van der Waals surface area contributed by atoms with Crippen LogP contribution >= 0.6 is 0 Å². The maximum absolute atomic E-state index is 11.2. The Labute approximate surface area is 90.3 Å². The summed E-state index contributed by atoms with van der Waals surface area (Å²) in [6.45, 7) is 7.34. The fourth-order valence-corrected chi connectivity index (χ4v) is 2.10. The minimum atomic E-state index is -0.372. The Morgan fingerprint density at radius 2 is 1.87 bits per heavy atom. The van der Waals surface area contributed by atoms with Gasteiger partial charge in [-0.2, -0.15) is 0 Å². The molecule has 1 aliphatic rings. The van der Waals surface area contributed by atoms with Gasteiger partial charge in [-0.1, -0.05) is 12.1 Å². The van der Waals surface area contributed by atoms with Crippen molar-refractivity contribution < 1.29 is 9.53 Å². The maximum atomic E-state index is 11.2. The van der Waals surface area contributed by atoms with Crippen molar-refractivity contribution in [1.82, 2.24) is 0 Å².